The molecule has 2 aromatic carbocycles. The molecule has 0 heterocycles. The van der Waals surface area contributed by atoms with Gasteiger partial charge in [-0.25, -0.2) is 8.42 Å². The monoisotopic (exact) mass is 520 g/mol. The van der Waals surface area contributed by atoms with Gasteiger partial charge in [0.1, 0.15) is 0 Å². The molecule has 0 radical (unpaired) electrons. The number of sulfonamides is 1. The first-order chi connectivity index (χ1) is 13.6. The Bertz CT molecular complexity index is 951. The van der Waals surface area contributed by atoms with Gasteiger partial charge in [-0.1, -0.05) is 59.0 Å². The van der Waals surface area contributed by atoms with Crippen LogP contribution >= 0.6 is 39.1 Å². The molecule has 0 fully saturated rings. The molecule has 1 N–H and O–H groups in total. The maximum atomic E-state index is 13.2. The second kappa shape index (κ2) is 10.8. The molecular weight excluding hydrogens is 499 g/mol. The summed E-state index contributed by atoms with van der Waals surface area (Å²) in [4.78, 5) is 12.5. The van der Waals surface area contributed by atoms with Crippen LogP contribution in [-0.4, -0.2) is 31.7 Å². The minimum absolute atomic E-state index is 0.00706. The van der Waals surface area contributed by atoms with Crippen molar-refractivity contribution in [1.82, 2.24) is 9.62 Å². The summed E-state index contributed by atoms with van der Waals surface area (Å²) in [5, 5.41) is 3.49. The molecule has 9 heteroatoms. The van der Waals surface area contributed by atoms with Crippen molar-refractivity contribution in [3.63, 3.8) is 0 Å². The van der Waals surface area contributed by atoms with E-state index in [1.54, 1.807) is 30.3 Å². The van der Waals surface area contributed by atoms with Crippen LogP contribution in [0.5, 0.6) is 0 Å². The summed E-state index contributed by atoms with van der Waals surface area (Å²) in [5.74, 6) is 0.0838. The van der Waals surface area contributed by atoms with E-state index in [1.807, 2.05) is 0 Å². The molecule has 0 aliphatic rings. The zero-order chi connectivity index (χ0) is 21.6. The molecular formula is C20H23BrCl2N2O3S. The van der Waals surface area contributed by atoms with Crippen molar-refractivity contribution in [2.75, 3.05) is 13.1 Å². The van der Waals surface area contributed by atoms with E-state index >= 15 is 0 Å². The third-order valence-electron chi connectivity index (χ3n) is 4.16. The Morgan fingerprint density at radius 2 is 1.76 bits per heavy atom. The number of nitrogens with one attached hydrogen (secondary N) is 1. The minimum Gasteiger partial charge on any atom is -0.355 e. The summed E-state index contributed by atoms with van der Waals surface area (Å²) in [6.45, 7) is 4.31. The van der Waals surface area contributed by atoms with E-state index in [0.717, 1.165) is 15.2 Å². The van der Waals surface area contributed by atoms with Gasteiger partial charge >= 0.3 is 0 Å². The predicted molar refractivity (Wildman–Crippen MR) is 121 cm³/mol. The van der Waals surface area contributed by atoms with Gasteiger partial charge in [-0.2, -0.15) is 4.31 Å². The second-order valence-electron chi connectivity index (χ2n) is 7.01. The Balaban J connectivity index is 2.27. The number of amides is 1. The molecule has 0 atom stereocenters. The maximum Gasteiger partial charge on any atom is 0.243 e. The van der Waals surface area contributed by atoms with Crippen molar-refractivity contribution in [2.24, 2.45) is 5.92 Å². The van der Waals surface area contributed by atoms with Gasteiger partial charge in [0.2, 0.25) is 15.9 Å². The van der Waals surface area contributed by atoms with Gasteiger partial charge in [0.25, 0.3) is 0 Å². The van der Waals surface area contributed by atoms with E-state index in [9.17, 15) is 13.2 Å². The van der Waals surface area contributed by atoms with Crippen LogP contribution in [0.25, 0.3) is 0 Å². The van der Waals surface area contributed by atoms with E-state index in [0.29, 0.717) is 28.1 Å². The van der Waals surface area contributed by atoms with Gasteiger partial charge in [-0.15, -0.1) is 0 Å². The Morgan fingerprint density at radius 3 is 2.34 bits per heavy atom. The number of nitrogens with zero attached hydrogens (tertiary/aromatic N) is 1. The highest BCUT2D eigenvalue weighted by molar-refractivity contribution is 9.10. The van der Waals surface area contributed by atoms with E-state index in [4.69, 9.17) is 23.2 Å². The van der Waals surface area contributed by atoms with Crippen molar-refractivity contribution in [3.05, 3.63) is 62.5 Å². The Morgan fingerprint density at radius 1 is 1.10 bits per heavy atom. The Labute approximate surface area is 190 Å². The lowest BCUT2D eigenvalue weighted by atomic mass is 10.1. The lowest BCUT2D eigenvalue weighted by Crippen LogP contribution is -2.40. The molecule has 158 valence electrons. The molecule has 0 spiro atoms. The van der Waals surface area contributed by atoms with Crippen LogP contribution in [-0.2, 0) is 21.4 Å². The predicted octanol–water partition coefficient (Wildman–Crippen LogP) is 5.11. The van der Waals surface area contributed by atoms with Crippen LogP contribution in [0.4, 0.5) is 0 Å². The molecule has 29 heavy (non-hydrogen) atoms. The third kappa shape index (κ3) is 7.26. The third-order valence-corrected chi connectivity index (χ3v) is 7.23. The van der Waals surface area contributed by atoms with Crippen LogP contribution in [0.3, 0.4) is 0 Å². The topological polar surface area (TPSA) is 66.5 Å². The Kier molecular flexibility index (Phi) is 8.97. The lowest BCUT2D eigenvalue weighted by molar-refractivity contribution is -0.121. The highest BCUT2D eigenvalue weighted by Crippen LogP contribution is 2.25. The smallest absolute Gasteiger partial charge is 0.243 e. The fourth-order valence-electron chi connectivity index (χ4n) is 2.54. The summed E-state index contributed by atoms with van der Waals surface area (Å²) < 4.78 is 28.3. The molecule has 2 rings (SSSR count). The van der Waals surface area contributed by atoms with Gasteiger partial charge in [-0.05, 0) is 54.3 Å². The number of rotatable bonds is 9. The number of carbonyl (C=O) groups is 1. The summed E-state index contributed by atoms with van der Waals surface area (Å²) >= 11 is 15.3. The SMILES string of the molecule is CC(C)CCNC(=O)CN(Cc1ccc(Cl)c(Cl)c1)S(=O)(=O)c1ccc(Br)cc1. The van der Waals surface area contributed by atoms with Gasteiger partial charge in [0.15, 0.2) is 0 Å². The fraction of sp³-hybridized carbons (Fsp3) is 0.350. The minimum atomic E-state index is -3.90. The highest BCUT2D eigenvalue weighted by Gasteiger charge is 2.27. The highest BCUT2D eigenvalue weighted by atomic mass is 79.9. The van der Waals surface area contributed by atoms with Gasteiger partial charge in [-0.3, -0.25) is 4.79 Å². The fourth-order valence-corrected chi connectivity index (χ4v) is 4.51. The average molecular weight is 522 g/mol. The van der Waals surface area contributed by atoms with E-state index in [2.05, 4.69) is 35.1 Å². The number of hydrogen-bond acceptors (Lipinski definition) is 3. The quantitative estimate of drug-likeness (QED) is 0.498. The van der Waals surface area contributed by atoms with Crippen LogP contribution in [0.15, 0.2) is 51.8 Å². The number of halogens is 3. The summed E-state index contributed by atoms with van der Waals surface area (Å²) in [6, 6.07) is 11.2. The number of hydrogen-bond donors (Lipinski definition) is 1. The normalized spacial score (nSPS) is 11.8. The molecule has 0 aliphatic heterocycles. The summed E-state index contributed by atoms with van der Waals surface area (Å²) in [6.07, 6.45) is 0.817. The van der Waals surface area contributed by atoms with Crippen molar-refractivity contribution in [3.8, 4) is 0 Å². The first-order valence-corrected chi connectivity index (χ1v) is 12.0. The van der Waals surface area contributed by atoms with Crippen LogP contribution in [0.2, 0.25) is 10.0 Å². The lowest BCUT2D eigenvalue weighted by Gasteiger charge is -2.22. The van der Waals surface area contributed by atoms with Gasteiger partial charge in [0, 0.05) is 17.6 Å². The van der Waals surface area contributed by atoms with E-state index < -0.39 is 10.0 Å². The van der Waals surface area contributed by atoms with Crippen molar-refractivity contribution >= 4 is 55.1 Å². The van der Waals surface area contributed by atoms with Crippen LogP contribution in [0, 0.1) is 5.92 Å². The number of benzene rings is 2. The van der Waals surface area contributed by atoms with Crippen molar-refractivity contribution in [2.45, 2.75) is 31.7 Å². The standard InChI is InChI=1S/C20H23BrCl2N2O3S/c1-14(2)9-10-24-20(26)13-25(12-15-3-8-18(22)19(23)11-15)29(27,28)17-6-4-16(21)5-7-17/h3-8,11,14H,9-10,12-13H2,1-2H3,(H,24,26). The van der Waals surface area contributed by atoms with Crippen molar-refractivity contribution < 1.29 is 13.2 Å². The number of carbonyl (C=O) groups excluding carboxylic acids is 1. The molecule has 2 aromatic rings. The average Bonchev–Trinajstić information content (AvgIpc) is 2.64. The van der Waals surface area contributed by atoms with E-state index in [1.165, 1.54) is 12.1 Å². The van der Waals surface area contributed by atoms with Crippen LogP contribution in [0.1, 0.15) is 25.8 Å². The molecule has 5 nitrogen and oxygen atoms in total. The van der Waals surface area contributed by atoms with Gasteiger partial charge in [0.05, 0.1) is 21.5 Å². The van der Waals surface area contributed by atoms with E-state index in [-0.39, 0.29) is 23.9 Å². The molecule has 1 amide bonds. The molecule has 0 unspecified atom stereocenters. The summed E-state index contributed by atoms with van der Waals surface area (Å²) in [7, 11) is -3.90. The molecule has 0 aliphatic carbocycles. The zero-order valence-electron chi connectivity index (χ0n) is 16.2. The van der Waals surface area contributed by atoms with Gasteiger partial charge < -0.3 is 5.32 Å². The first-order valence-electron chi connectivity index (χ1n) is 9.06. The molecule has 0 saturated heterocycles. The summed E-state index contributed by atoms with van der Waals surface area (Å²) in [5.41, 5.74) is 0.634. The maximum absolute atomic E-state index is 13.2. The van der Waals surface area contributed by atoms with Crippen molar-refractivity contribution in [1.29, 1.82) is 0 Å². The first kappa shape index (κ1) is 24.2. The Hall–Kier alpha value is -1.12. The second-order valence-corrected chi connectivity index (χ2v) is 10.7. The van der Waals surface area contributed by atoms with Crippen LogP contribution < -0.4 is 5.32 Å². The largest absolute Gasteiger partial charge is 0.355 e. The zero-order valence-corrected chi connectivity index (χ0v) is 20.1. The molecule has 0 aromatic heterocycles. The molecule has 0 saturated carbocycles. The molecule has 0 bridgehead atoms.